The zero-order valence-electron chi connectivity index (χ0n) is 17.7. The molecule has 0 aromatic heterocycles. The van der Waals surface area contributed by atoms with E-state index < -0.39 is 5.41 Å². The highest BCUT2D eigenvalue weighted by molar-refractivity contribution is 5.98. The van der Waals surface area contributed by atoms with Crippen molar-refractivity contribution in [3.63, 3.8) is 0 Å². The zero-order chi connectivity index (χ0) is 21.8. The van der Waals surface area contributed by atoms with Gasteiger partial charge in [-0.2, -0.15) is 5.26 Å². The summed E-state index contributed by atoms with van der Waals surface area (Å²) in [5.41, 5.74) is 3.36. The third-order valence-corrected chi connectivity index (χ3v) is 6.14. The van der Waals surface area contributed by atoms with Crippen LogP contribution in [-0.4, -0.2) is 43.4 Å². The minimum Gasteiger partial charge on any atom is -0.386 e. The number of likely N-dealkylation sites (tertiary alicyclic amines) is 1. The molecule has 2 fully saturated rings. The van der Waals surface area contributed by atoms with Crippen molar-refractivity contribution in [2.45, 2.75) is 31.1 Å². The number of amides is 2. The number of hydrogen-bond acceptors (Lipinski definition) is 5. The summed E-state index contributed by atoms with van der Waals surface area (Å²) in [5.74, 6) is 0.0377. The summed E-state index contributed by atoms with van der Waals surface area (Å²) >= 11 is 0. The van der Waals surface area contributed by atoms with Gasteiger partial charge in [0.2, 0.25) is 11.8 Å². The van der Waals surface area contributed by atoms with Crippen LogP contribution in [0.2, 0.25) is 0 Å². The number of nitrogens with zero attached hydrogens (tertiary/aromatic N) is 2. The molecule has 1 aliphatic heterocycles. The largest absolute Gasteiger partial charge is 0.386 e. The summed E-state index contributed by atoms with van der Waals surface area (Å²) in [6, 6.07) is 14.9. The second-order valence-electron chi connectivity index (χ2n) is 8.18. The Labute approximate surface area is 182 Å². The predicted molar refractivity (Wildman–Crippen MR) is 121 cm³/mol. The van der Waals surface area contributed by atoms with Crippen molar-refractivity contribution < 1.29 is 9.59 Å². The lowest BCUT2D eigenvalue weighted by Gasteiger charge is -2.24. The summed E-state index contributed by atoms with van der Waals surface area (Å²) in [6.45, 7) is 1.79. The molecular weight excluding hydrogens is 390 g/mol. The van der Waals surface area contributed by atoms with E-state index in [0.29, 0.717) is 11.3 Å². The molecule has 1 saturated carbocycles. The van der Waals surface area contributed by atoms with Gasteiger partial charge < -0.3 is 20.9 Å². The minimum absolute atomic E-state index is 0.0944. The second kappa shape index (κ2) is 8.68. The molecule has 1 saturated heterocycles. The van der Waals surface area contributed by atoms with E-state index in [1.165, 1.54) is 0 Å². The van der Waals surface area contributed by atoms with E-state index in [1.54, 1.807) is 24.3 Å². The first-order valence-electron chi connectivity index (χ1n) is 10.7. The van der Waals surface area contributed by atoms with Crippen LogP contribution >= 0.6 is 0 Å². The van der Waals surface area contributed by atoms with Gasteiger partial charge in [0.25, 0.3) is 0 Å². The van der Waals surface area contributed by atoms with Gasteiger partial charge in [0.1, 0.15) is 0 Å². The van der Waals surface area contributed by atoms with Crippen molar-refractivity contribution in [2.75, 3.05) is 42.6 Å². The Morgan fingerprint density at radius 3 is 2.39 bits per heavy atom. The van der Waals surface area contributed by atoms with Gasteiger partial charge in [0.15, 0.2) is 0 Å². The lowest BCUT2D eigenvalue weighted by atomic mass is 9.93. The van der Waals surface area contributed by atoms with Crippen LogP contribution < -0.4 is 16.0 Å². The van der Waals surface area contributed by atoms with Crippen LogP contribution in [0.5, 0.6) is 0 Å². The Morgan fingerprint density at radius 2 is 1.77 bits per heavy atom. The molecule has 1 heterocycles. The molecular formula is C24H27N5O2. The molecule has 31 heavy (non-hydrogen) atoms. The topological polar surface area (TPSA) is 97.3 Å². The van der Waals surface area contributed by atoms with Crippen LogP contribution in [-0.2, 0) is 15.0 Å². The highest BCUT2D eigenvalue weighted by Crippen LogP contribution is 2.51. The quantitative estimate of drug-likeness (QED) is 0.642. The standard InChI is InChI=1S/C24H27N5O2/c1-26-20-9-6-18(24(10-11-24)23(31)29-12-2-3-13-29)14-21(20)28-22(30)16-27-19-7-4-17(15-25)5-8-19/h4-9,14,26-27H,2-3,10-13,16H2,1H3,(H,28,30). The average Bonchev–Trinajstić information content (AvgIpc) is 3.43. The maximum atomic E-state index is 13.1. The third-order valence-electron chi connectivity index (χ3n) is 6.14. The Morgan fingerprint density at radius 1 is 1.06 bits per heavy atom. The number of carbonyl (C=O) groups is 2. The SMILES string of the molecule is CNc1ccc(C2(C(=O)N3CCCC3)CC2)cc1NC(=O)CNc1ccc(C#N)cc1. The summed E-state index contributed by atoms with van der Waals surface area (Å²) in [6.07, 6.45) is 3.87. The Hall–Kier alpha value is -3.53. The summed E-state index contributed by atoms with van der Waals surface area (Å²) in [4.78, 5) is 27.7. The summed E-state index contributed by atoms with van der Waals surface area (Å²) in [5, 5.41) is 18.0. The van der Waals surface area contributed by atoms with E-state index in [9.17, 15) is 9.59 Å². The van der Waals surface area contributed by atoms with Crippen molar-refractivity contribution in [1.29, 1.82) is 5.26 Å². The molecule has 2 aromatic carbocycles. The highest BCUT2D eigenvalue weighted by atomic mass is 16.2. The van der Waals surface area contributed by atoms with Crippen LogP contribution in [0.3, 0.4) is 0 Å². The maximum absolute atomic E-state index is 13.1. The second-order valence-corrected chi connectivity index (χ2v) is 8.18. The minimum atomic E-state index is -0.434. The molecule has 0 bridgehead atoms. The summed E-state index contributed by atoms with van der Waals surface area (Å²) < 4.78 is 0. The number of benzene rings is 2. The molecule has 160 valence electrons. The lowest BCUT2D eigenvalue weighted by molar-refractivity contribution is -0.132. The molecule has 0 radical (unpaired) electrons. The Balaban J connectivity index is 1.45. The predicted octanol–water partition coefficient (Wildman–Crippen LogP) is 3.30. The number of nitriles is 1. The monoisotopic (exact) mass is 417 g/mol. The van der Waals surface area contributed by atoms with Crippen LogP contribution in [0.1, 0.15) is 36.8 Å². The Bertz CT molecular complexity index is 1020. The molecule has 7 heteroatoms. The normalized spacial score (nSPS) is 16.3. The molecule has 2 amide bonds. The molecule has 7 nitrogen and oxygen atoms in total. The number of hydrogen-bond donors (Lipinski definition) is 3. The first kappa shape index (κ1) is 20.7. The number of rotatable bonds is 7. The van der Waals surface area contributed by atoms with E-state index in [4.69, 9.17) is 5.26 Å². The number of carbonyl (C=O) groups excluding carboxylic acids is 2. The van der Waals surface area contributed by atoms with Gasteiger partial charge in [-0.3, -0.25) is 9.59 Å². The van der Waals surface area contributed by atoms with Crippen LogP contribution in [0, 0.1) is 11.3 Å². The zero-order valence-corrected chi connectivity index (χ0v) is 17.7. The van der Waals surface area contributed by atoms with Crippen molar-refractivity contribution in [2.24, 2.45) is 0 Å². The average molecular weight is 418 g/mol. The molecule has 4 rings (SSSR count). The molecule has 2 aromatic rings. The van der Waals surface area contributed by atoms with E-state index in [1.807, 2.05) is 30.1 Å². The van der Waals surface area contributed by atoms with Gasteiger partial charge in [-0.1, -0.05) is 6.07 Å². The van der Waals surface area contributed by atoms with Crippen molar-refractivity contribution in [1.82, 2.24) is 4.90 Å². The van der Waals surface area contributed by atoms with Gasteiger partial charge in [-0.25, -0.2) is 0 Å². The maximum Gasteiger partial charge on any atom is 0.243 e. The number of anilines is 3. The molecule has 0 spiro atoms. The molecule has 1 aliphatic carbocycles. The van der Waals surface area contributed by atoms with Crippen LogP contribution in [0.4, 0.5) is 17.1 Å². The van der Waals surface area contributed by atoms with Gasteiger partial charge >= 0.3 is 0 Å². The van der Waals surface area contributed by atoms with Gasteiger partial charge in [-0.15, -0.1) is 0 Å². The van der Waals surface area contributed by atoms with E-state index in [-0.39, 0.29) is 18.4 Å². The van der Waals surface area contributed by atoms with Crippen LogP contribution in [0.15, 0.2) is 42.5 Å². The van der Waals surface area contributed by atoms with Gasteiger partial charge in [0, 0.05) is 25.8 Å². The van der Waals surface area contributed by atoms with E-state index in [2.05, 4.69) is 22.0 Å². The van der Waals surface area contributed by atoms with E-state index in [0.717, 1.165) is 55.7 Å². The fourth-order valence-corrected chi connectivity index (χ4v) is 4.18. The van der Waals surface area contributed by atoms with Gasteiger partial charge in [-0.05, 0) is 67.6 Å². The first-order valence-corrected chi connectivity index (χ1v) is 10.7. The summed E-state index contributed by atoms with van der Waals surface area (Å²) in [7, 11) is 1.81. The molecule has 0 unspecified atom stereocenters. The Kier molecular flexibility index (Phi) is 5.81. The van der Waals surface area contributed by atoms with Crippen LogP contribution in [0.25, 0.3) is 0 Å². The van der Waals surface area contributed by atoms with Crippen molar-refractivity contribution >= 4 is 28.9 Å². The third kappa shape index (κ3) is 4.33. The highest BCUT2D eigenvalue weighted by Gasteiger charge is 2.53. The molecule has 2 aliphatic rings. The fraction of sp³-hybridized carbons (Fsp3) is 0.375. The van der Waals surface area contributed by atoms with Crippen molar-refractivity contribution in [3.8, 4) is 6.07 Å². The van der Waals surface area contributed by atoms with E-state index >= 15 is 0 Å². The van der Waals surface area contributed by atoms with Crippen molar-refractivity contribution in [3.05, 3.63) is 53.6 Å². The lowest BCUT2D eigenvalue weighted by Crippen LogP contribution is -2.37. The first-order chi connectivity index (χ1) is 15.1. The fourth-order valence-electron chi connectivity index (χ4n) is 4.18. The molecule has 3 N–H and O–H groups in total. The van der Waals surface area contributed by atoms with Gasteiger partial charge in [0.05, 0.1) is 35.0 Å². The number of nitrogens with one attached hydrogen (secondary N) is 3. The molecule has 0 atom stereocenters. The smallest absolute Gasteiger partial charge is 0.243 e.